The van der Waals surface area contributed by atoms with Gasteiger partial charge in [-0.1, -0.05) is 63.2 Å². The molecular formula is C19H30O3. The first-order valence-electron chi connectivity index (χ1n) is 9.00. The van der Waals surface area contributed by atoms with E-state index in [0.29, 0.717) is 18.8 Å². The summed E-state index contributed by atoms with van der Waals surface area (Å²) in [4.78, 5) is 11.5. The predicted octanol–water partition coefficient (Wildman–Crippen LogP) is 4.71. The molecule has 0 aromatic carbocycles. The average Bonchev–Trinajstić information content (AvgIpc) is 2.47. The summed E-state index contributed by atoms with van der Waals surface area (Å²) in [6, 6.07) is 0. The van der Waals surface area contributed by atoms with Crippen molar-refractivity contribution in [2.75, 3.05) is 6.61 Å². The number of ether oxygens (including phenoxy) is 2. The maximum atomic E-state index is 11.5. The fourth-order valence-electron chi connectivity index (χ4n) is 3.09. The second kappa shape index (κ2) is 10.6. The minimum absolute atomic E-state index is 0.237. The molecule has 0 unspecified atom stereocenters. The molecule has 0 amide bonds. The van der Waals surface area contributed by atoms with E-state index in [1.54, 1.807) is 6.08 Å². The van der Waals surface area contributed by atoms with Gasteiger partial charge in [0.1, 0.15) is 0 Å². The Kier molecular flexibility index (Phi) is 8.32. The van der Waals surface area contributed by atoms with Crippen LogP contribution < -0.4 is 0 Å². The zero-order valence-corrected chi connectivity index (χ0v) is 13.7. The Morgan fingerprint density at radius 3 is 2.32 bits per heavy atom. The summed E-state index contributed by atoms with van der Waals surface area (Å²) >= 11 is 0. The number of hydrogen-bond donors (Lipinski definition) is 0. The number of fused-ring (bicyclic) bond motifs is 14. The highest BCUT2D eigenvalue weighted by molar-refractivity contribution is 5.82. The molecule has 0 aliphatic carbocycles. The predicted molar refractivity (Wildman–Crippen MR) is 88.7 cm³/mol. The second-order valence-electron chi connectivity index (χ2n) is 6.42. The molecule has 3 rings (SSSR count). The van der Waals surface area contributed by atoms with E-state index in [1.807, 2.05) is 6.08 Å². The van der Waals surface area contributed by atoms with Crippen molar-refractivity contribution in [3.05, 3.63) is 24.3 Å². The molecule has 3 nitrogen and oxygen atoms in total. The Morgan fingerprint density at radius 1 is 0.864 bits per heavy atom. The quantitative estimate of drug-likeness (QED) is 0.608. The molecular weight excluding hydrogens is 276 g/mol. The van der Waals surface area contributed by atoms with Gasteiger partial charge in [0.15, 0.2) is 0 Å². The maximum Gasteiger partial charge on any atom is 0.330 e. The molecule has 3 heteroatoms. The first-order valence-corrected chi connectivity index (χ1v) is 9.00. The molecule has 3 heterocycles. The topological polar surface area (TPSA) is 35.5 Å². The number of rotatable bonds is 0. The third kappa shape index (κ3) is 7.26. The van der Waals surface area contributed by atoms with Crippen LogP contribution in [0.25, 0.3) is 0 Å². The highest BCUT2D eigenvalue weighted by Crippen LogP contribution is 2.27. The van der Waals surface area contributed by atoms with Gasteiger partial charge >= 0.3 is 5.97 Å². The van der Waals surface area contributed by atoms with E-state index in [2.05, 4.69) is 6.08 Å². The summed E-state index contributed by atoms with van der Waals surface area (Å²) < 4.78 is 11.0. The van der Waals surface area contributed by atoms with Crippen molar-refractivity contribution < 1.29 is 14.3 Å². The van der Waals surface area contributed by atoms with Crippen molar-refractivity contribution in [1.29, 1.82) is 0 Å². The van der Waals surface area contributed by atoms with Crippen LogP contribution in [0.4, 0.5) is 0 Å². The van der Waals surface area contributed by atoms with Crippen LogP contribution in [0.5, 0.6) is 0 Å². The van der Waals surface area contributed by atoms with Crippen LogP contribution in [0.1, 0.15) is 70.6 Å². The third-order valence-corrected chi connectivity index (χ3v) is 4.45. The largest absolute Gasteiger partial charge is 0.463 e. The Bertz CT molecular complexity index is 367. The molecule has 124 valence electrons. The van der Waals surface area contributed by atoms with Crippen molar-refractivity contribution in [1.82, 2.24) is 0 Å². The monoisotopic (exact) mass is 306 g/mol. The molecule has 22 heavy (non-hydrogen) atoms. The molecule has 0 N–H and O–H groups in total. The van der Waals surface area contributed by atoms with Gasteiger partial charge in [0.2, 0.25) is 0 Å². The van der Waals surface area contributed by atoms with Gasteiger partial charge in [-0.15, -0.1) is 0 Å². The second-order valence-corrected chi connectivity index (χ2v) is 6.42. The Balaban J connectivity index is 1.70. The van der Waals surface area contributed by atoms with E-state index in [-0.39, 0.29) is 5.97 Å². The van der Waals surface area contributed by atoms with E-state index in [9.17, 15) is 4.79 Å². The molecule has 2 bridgehead atoms. The van der Waals surface area contributed by atoms with Crippen molar-refractivity contribution >= 4 is 5.97 Å². The summed E-state index contributed by atoms with van der Waals surface area (Å²) in [6.07, 6.45) is 21.5. The third-order valence-electron chi connectivity index (χ3n) is 4.45. The van der Waals surface area contributed by atoms with Crippen molar-refractivity contribution in [2.45, 2.75) is 82.8 Å². The molecule has 0 saturated carbocycles. The molecule has 0 spiro atoms. The number of esters is 1. The molecule has 2 atom stereocenters. The number of carbonyl (C=O) groups is 1. The van der Waals surface area contributed by atoms with Crippen LogP contribution in [0.3, 0.4) is 0 Å². The molecule has 0 aromatic rings. The van der Waals surface area contributed by atoms with Crippen molar-refractivity contribution in [2.24, 2.45) is 0 Å². The van der Waals surface area contributed by atoms with Gasteiger partial charge in [0, 0.05) is 12.5 Å². The van der Waals surface area contributed by atoms with Gasteiger partial charge < -0.3 is 9.47 Å². The van der Waals surface area contributed by atoms with Gasteiger partial charge in [-0.05, 0) is 19.3 Å². The van der Waals surface area contributed by atoms with E-state index in [4.69, 9.17) is 9.47 Å². The number of hydrogen-bond acceptors (Lipinski definition) is 3. The highest BCUT2D eigenvalue weighted by Gasteiger charge is 2.27. The Hall–Kier alpha value is -1.09. The lowest BCUT2D eigenvalue weighted by molar-refractivity contribution is -0.137. The van der Waals surface area contributed by atoms with E-state index in [1.165, 1.54) is 57.4 Å². The SMILES string of the molecule is O=C1/C=C/C=C/C[C@@H]2C[C@@H](CCCCCCCCCCO1)O2. The molecule has 3 aliphatic rings. The summed E-state index contributed by atoms with van der Waals surface area (Å²) in [7, 11) is 0. The standard InChI is InChI=1S/C19H30O3/c20-19-14-10-7-9-13-18-16-17(22-18)12-8-5-3-1-2-4-6-11-15-21-19/h7,9-10,14,17-18H,1-6,8,11-13,15-16H2/b9-7+,14-10+/t17-,18-/m1/s1. The van der Waals surface area contributed by atoms with Gasteiger partial charge in [0.05, 0.1) is 18.8 Å². The maximum absolute atomic E-state index is 11.5. The summed E-state index contributed by atoms with van der Waals surface area (Å²) in [5, 5.41) is 0. The van der Waals surface area contributed by atoms with Crippen molar-refractivity contribution in [3.8, 4) is 0 Å². The van der Waals surface area contributed by atoms with Crippen LogP contribution >= 0.6 is 0 Å². The van der Waals surface area contributed by atoms with Crippen LogP contribution in [-0.4, -0.2) is 24.8 Å². The van der Waals surface area contributed by atoms with Gasteiger partial charge in [-0.25, -0.2) is 4.79 Å². The normalized spacial score (nSPS) is 32.3. The fraction of sp³-hybridized carbons (Fsp3) is 0.737. The molecule has 0 aromatic heterocycles. The van der Waals surface area contributed by atoms with Crippen LogP contribution in [-0.2, 0) is 14.3 Å². The molecule has 1 fully saturated rings. The van der Waals surface area contributed by atoms with Crippen molar-refractivity contribution in [3.63, 3.8) is 0 Å². The summed E-state index contributed by atoms with van der Waals surface area (Å²) in [5.41, 5.74) is 0. The molecule has 1 saturated heterocycles. The lowest BCUT2D eigenvalue weighted by Crippen LogP contribution is -2.36. The smallest absolute Gasteiger partial charge is 0.330 e. The van der Waals surface area contributed by atoms with E-state index in [0.717, 1.165) is 19.3 Å². The molecule has 3 aliphatic heterocycles. The zero-order chi connectivity index (χ0) is 15.5. The van der Waals surface area contributed by atoms with Crippen LogP contribution in [0.15, 0.2) is 24.3 Å². The number of carbonyl (C=O) groups excluding carboxylic acids is 1. The Labute approximate surface area is 134 Å². The lowest BCUT2D eigenvalue weighted by Gasteiger charge is -2.35. The zero-order valence-electron chi connectivity index (χ0n) is 13.7. The van der Waals surface area contributed by atoms with Crippen LogP contribution in [0.2, 0.25) is 0 Å². The van der Waals surface area contributed by atoms with Gasteiger partial charge in [-0.2, -0.15) is 0 Å². The average molecular weight is 306 g/mol. The van der Waals surface area contributed by atoms with Crippen LogP contribution in [0, 0.1) is 0 Å². The highest BCUT2D eigenvalue weighted by atomic mass is 16.5. The summed E-state index contributed by atoms with van der Waals surface area (Å²) in [5.74, 6) is -0.237. The molecule has 0 radical (unpaired) electrons. The van der Waals surface area contributed by atoms with E-state index >= 15 is 0 Å². The lowest BCUT2D eigenvalue weighted by atomic mass is 9.96. The van der Waals surface area contributed by atoms with E-state index < -0.39 is 0 Å². The van der Waals surface area contributed by atoms with Gasteiger partial charge in [-0.3, -0.25) is 0 Å². The van der Waals surface area contributed by atoms with Gasteiger partial charge in [0.25, 0.3) is 0 Å². The fourth-order valence-corrected chi connectivity index (χ4v) is 3.09. The first-order chi connectivity index (χ1) is 10.8. The minimum Gasteiger partial charge on any atom is -0.463 e. The first kappa shape index (κ1) is 17.3. The minimum atomic E-state index is -0.237. The Morgan fingerprint density at radius 2 is 1.55 bits per heavy atom. The number of allylic oxidation sites excluding steroid dienone is 2. The summed E-state index contributed by atoms with van der Waals surface area (Å²) in [6.45, 7) is 0.546.